The summed E-state index contributed by atoms with van der Waals surface area (Å²) < 4.78 is 0.899. The molecule has 0 saturated carbocycles. The number of benzene rings is 1. The largest absolute Gasteiger partial charge is 0.271 e. The second kappa shape index (κ2) is 7.07. The van der Waals surface area contributed by atoms with Crippen molar-refractivity contribution in [2.24, 2.45) is 5.84 Å². The van der Waals surface area contributed by atoms with Gasteiger partial charge in [-0.25, -0.2) is 0 Å². The Hall–Kier alpha value is -0.350. The Morgan fingerprint density at radius 1 is 1.56 bits per heavy atom. The van der Waals surface area contributed by atoms with Crippen LogP contribution in [0.15, 0.2) is 35.3 Å². The fourth-order valence-electron chi connectivity index (χ4n) is 1.58. The van der Waals surface area contributed by atoms with Crippen molar-refractivity contribution in [1.82, 2.24) is 5.43 Å². The van der Waals surface area contributed by atoms with Crippen molar-refractivity contribution in [3.63, 3.8) is 0 Å². The van der Waals surface area contributed by atoms with Gasteiger partial charge in [0.05, 0.1) is 5.02 Å². The van der Waals surface area contributed by atoms with Crippen LogP contribution in [0.3, 0.4) is 0 Å². The third-order valence-corrected chi connectivity index (χ3v) is 3.77. The second-order valence-electron chi connectivity index (χ2n) is 3.58. The van der Waals surface area contributed by atoms with Crippen LogP contribution in [0.25, 0.3) is 0 Å². The lowest BCUT2D eigenvalue weighted by Crippen LogP contribution is -2.28. The summed E-state index contributed by atoms with van der Waals surface area (Å²) in [6.07, 6.45) is 4.89. The van der Waals surface area contributed by atoms with Crippen molar-refractivity contribution in [3.05, 3.63) is 45.9 Å². The summed E-state index contributed by atoms with van der Waals surface area (Å²) in [5.41, 5.74) is 3.84. The number of rotatable bonds is 6. The summed E-state index contributed by atoms with van der Waals surface area (Å²) in [6, 6.07) is 5.96. The van der Waals surface area contributed by atoms with Gasteiger partial charge in [0.15, 0.2) is 0 Å². The first-order valence-corrected chi connectivity index (χ1v) is 6.38. The van der Waals surface area contributed by atoms with E-state index < -0.39 is 0 Å². The monoisotopic (exact) mass is 302 g/mol. The molecule has 0 spiro atoms. The zero-order valence-corrected chi connectivity index (χ0v) is 11.4. The molecule has 0 radical (unpaired) electrons. The Labute approximate surface area is 110 Å². The molecular weight excluding hydrogens is 288 g/mol. The van der Waals surface area contributed by atoms with E-state index in [1.54, 1.807) is 0 Å². The molecule has 0 aliphatic rings. The number of hydrogen-bond acceptors (Lipinski definition) is 2. The van der Waals surface area contributed by atoms with E-state index in [2.05, 4.69) is 27.9 Å². The van der Waals surface area contributed by atoms with E-state index in [-0.39, 0.29) is 6.04 Å². The summed E-state index contributed by atoms with van der Waals surface area (Å²) in [5.74, 6) is 5.56. The van der Waals surface area contributed by atoms with Gasteiger partial charge in [0, 0.05) is 10.5 Å². The van der Waals surface area contributed by atoms with Gasteiger partial charge in [0.2, 0.25) is 0 Å². The van der Waals surface area contributed by atoms with E-state index in [1.165, 1.54) is 0 Å². The lowest BCUT2D eigenvalue weighted by Gasteiger charge is -2.17. The molecule has 0 bridgehead atoms. The molecule has 88 valence electrons. The van der Waals surface area contributed by atoms with E-state index in [0.717, 1.165) is 34.3 Å². The summed E-state index contributed by atoms with van der Waals surface area (Å²) in [4.78, 5) is 0. The Bertz CT molecular complexity index is 355. The number of hydrogen-bond donors (Lipinski definition) is 2. The first kappa shape index (κ1) is 13.7. The molecule has 1 aromatic carbocycles. The van der Waals surface area contributed by atoms with Gasteiger partial charge >= 0.3 is 0 Å². The number of nitrogens with two attached hydrogens (primary N) is 1. The molecule has 0 saturated heterocycles. The van der Waals surface area contributed by atoms with Crippen molar-refractivity contribution >= 4 is 27.5 Å². The Morgan fingerprint density at radius 3 is 2.94 bits per heavy atom. The van der Waals surface area contributed by atoms with Crippen molar-refractivity contribution in [2.75, 3.05) is 0 Å². The highest BCUT2D eigenvalue weighted by Gasteiger charge is 2.13. The minimum Gasteiger partial charge on any atom is -0.271 e. The number of allylic oxidation sites excluding steroid dienone is 1. The highest BCUT2D eigenvalue weighted by molar-refractivity contribution is 9.10. The second-order valence-corrected chi connectivity index (χ2v) is 4.81. The minimum absolute atomic E-state index is 0.0879. The summed E-state index contributed by atoms with van der Waals surface area (Å²) >= 11 is 9.63. The lowest BCUT2D eigenvalue weighted by molar-refractivity contribution is 0.501. The van der Waals surface area contributed by atoms with Gasteiger partial charge in [-0.05, 0) is 46.8 Å². The maximum absolute atomic E-state index is 6.22. The Morgan fingerprint density at radius 2 is 2.31 bits per heavy atom. The zero-order chi connectivity index (χ0) is 12.0. The average molecular weight is 304 g/mol. The first-order chi connectivity index (χ1) is 7.70. The van der Waals surface area contributed by atoms with Crippen molar-refractivity contribution in [3.8, 4) is 0 Å². The molecule has 0 aliphatic heterocycles. The van der Waals surface area contributed by atoms with Crippen molar-refractivity contribution < 1.29 is 0 Å². The highest BCUT2D eigenvalue weighted by Crippen LogP contribution is 2.31. The van der Waals surface area contributed by atoms with E-state index in [9.17, 15) is 0 Å². The van der Waals surface area contributed by atoms with Gasteiger partial charge in [0.25, 0.3) is 0 Å². The molecule has 0 fully saturated rings. The molecular formula is C12H16BrClN2. The fourth-order valence-corrected chi connectivity index (χ4v) is 2.22. The molecule has 1 rings (SSSR count). The van der Waals surface area contributed by atoms with Crippen LogP contribution >= 0.6 is 27.5 Å². The summed E-state index contributed by atoms with van der Waals surface area (Å²) in [6.45, 7) is 3.70. The number of halogens is 2. The predicted molar refractivity (Wildman–Crippen MR) is 73.3 cm³/mol. The van der Waals surface area contributed by atoms with Crippen LogP contribution in [0.5, 0.6) is 0 Å². The lowest BCUT2D eigenvalue weighted by atomic mass is 10.0. The van der Waals surface area contributed by atoms with Crippen LogP contribution < -0.4 is 11.3 Å². The van der Waals surface area contributed by atoms with E-state index in [4.69, 9.17) is 17.4 Å². The smallest absolute Gasteiger partial charge is 0.0596 e. The SMILES string of the molecule is C=CCCCC(NN)c1cccc(Br)c1Cl. The number of nitrogens with one attached hydrogen (secondary N) is 1. The first-order valence-electron chi connectivity index (χ1n) is 5.21. The van der Waals surface area contributed by atoms with Crippen LogP contribution in [0.1, 0.15) is 30.9 Å². The minimum atomic E-state index is 0.0879. The molecule has 1 aromatic rings. The molecule has 3 N–H and O–H groups in total. The molecule has 16 heavy (non-hydrogen) atoms. The molecule has 2 nitrogen and oxygen atoms in total. The Kier molecular flexibility index (Phi) is 6.06. The molecule has 0 aliphatic carbocycles. The maximum atomic E-state index is 6.22. The van der Waals surface area contributed by atoms with Crippen LogP contribution in [-0.4, -0.2) is 0 Å². The van der Waals surface area contributed by atoms with Gasteiger partial charge in [-0.1, -0.05) is 29.8 Å². The van der Waals surface area contributed by atoms with Gasteiger partial charge < -0.3 is 0 Å². The predicted octanol–water partition coefficient (Wildman–Crippen LogP) is 3.96. The normalized spacial score (nSPS) is 12.4. The zero-order valence-electron chi connectivity index (χ0n) is 9.05. The average Bonchev–Trinajstić information content (AvgIpc) is 2.29. The van der Waals surface area contributed by atoms with Gasteiger partial charge in [-0.15, -0.1) is 6.58 Å². The van der Waals surface area contributed by atoms with Gasteiger partial charge in [-0.3, -0.25) is 11.3 Å². The quantitative estimate of drug-likeness (QED) is 0.361. The summed E-state index contributed by atoms with van der Waals surface area (Å²) in [5, 5.41) is 0.726. The third-order valence-electron chi connectivity index (χ3n) is 2.46. The highest BCUT2D eigenvalue weighted by atomic mass is 79.9. The fraction of sp³-hybridized carbons (Fsp3) is 0.333. The van der Waals surface area contributed by atoms with Crippen LogP contribution in [0.2, 0.25) is 5.02 Å². The van der Waals surface area contributed by atoms with Crippen molar-refractivity contribution in [1.29, 1.82) is 0 Å². The molecule has 0 amide bonds. The molecule has 1 unspecified atom stereocenters. The molecule has 0 aromatic heterocycles. The molecule has 0 heterocycles. The topological polar surface area (TPSA) is 38.0 Å². The van der Waals surface area contributed by atoms with Crippen molar-refractivity contribution in [2.45, 2.75) is 25.3 Å². The Balaban J connectivity index is 2.78. The maximum Gasteiger partial charge on any atom is 0.0596 e. The standard InChI is InChI=1S/C12H16BrClN2/c1-2-3-4-8-11(16-15)9-6-5-7-10(13)12(9)14/h2,5-7,11,16H,1,3-4,8,15H2. The molecule has 4 heteroatoms. The van der Waals surface area contributed by atoms with Crippen LogP contribution in [-0.2, 0) is 0 Å². The van der Waals surface area contributed by atoms with Gasteiger partial charge in [-0.2, -0.15) is 0 Å². The molecule has 1 atom stereocenters. The summed E-state index contributed by atoms with van der Waals surface area (Å²) in [7, 11) is 0. The van der Waals surface area contributed by atoms with E-state index >= 15 is 0 Å². The number of hydrazine groups is 1. The third kappa shape index (κ3) is 3.59. The van der Waals surface area contributed by atoms with E-state index in [0.29, 0.717) is 0 Å². The van der Waals surface area contributed by atoms with E-state index in [1.807, 2.05) is 24.3 Å². The van der Waals surface area contributed by atoms with Gasteiger partial charge in [0.1, 0.15) is 0 Å². The van der Waals surface area contributed by atoms with Crippen LogP contribution in [0.4, 0.5) is 0 Å². The van der Waals surface area contributed by atoms with Crippen LogP contribution in [0, 0.1) is 0 Å². The number of unbranched alkanes of at least 4 members (excludes halogenated alkanes) is 1.